The van der Waals surface area contributed by atoms with E-state index >= 15 is 0 Å². The topological polar surface area (TPSA) is 43.4 Å². The van der Waals surface area contributed by atoms with E-state index in [1.54, 1.807) is 0 Å². The lowest BCUT2D eigenvalue weighted by Crippen LogP contribution is -2.30. The molecule has 1 aliphatic heterocycles. The third-order valence-corrected chi connectivity index (χ3v) is 4.63. The largest absolute Gasteiger partial charge is 0.490 e. The fourth-order valence-corrected chi connectivity index (χ4v) is 3.55. The van der Waals surface area contributed by atoms with Gasteiger partial charge in [-0.2, -0.15) is 0 Å². The van der Waals surface area contributed by atoms with Crippen molar-refractivity contribution in [1.82, 2.24) is 0 Å². The van der Waals surface area contributed by atoms with E-state index < -0.39 is 9.84 Å². The molecular formula is C13H17O3S. The van der Waals surface area contributed by atoms with Crippen LogP contribution in [-0.4, -0.2) is 26.0 Å². The van der Waals surface area contributed by atoms with Crippen molar-refractivity contribution in [3.8, 4) is 5.75 Å². The zero-order valence-corrected chi connectivity index (χ0v) is 11.0. The van der Waals surface area contributed by atoms with Gasteiger partial charge in [0.15, 0.2) is 9.84 Å². The minimum absolute atomic E-state index is 0.0275. The molecule has 1 aromatic carbocycles. The number of rotatable bonds is 2. The fraction of sp³-hybridized carbons (Fsp3) is 0.538. The maximum Gasteiger partial charge on any atom is 0.150 e. The van der Waals surface area contributed by atoms with Gasteiger partial charge >= 0.3 is 0 Å². The lowest BCUT2D eigenvalue weighted by atomic mass is 10.1. The Labute approximate surface area is 103 Å². The van der Waals surface area contributed by atoms with Crippen LogP contribution in [0.1, 0.15) is 24.0 Å². The molecular weight excluding hydrogens is 236 g/mol. The van der Waals surface area contributed by atoms with Crippen molar-refractivity contribution in [3.63, 3.8) is 0 Å². The van der Waals surface area contributed by atoms with Crippen molar-refractivity contribution in [2.75, 3.05) is 11.5 Å². The third-order valence-electron chi connectivity index (χ3n) is 2.92. The molecule has 0 bridgehead atoms. The Bertz CT molecular complexity index is 471. The molecule has 0 atom stereocenters. The quantitative estimate of drug-likeness (QED) is 0.810. The standard InChI is InChI=1S/C13H17O3S/c1-10-7-11(2)9-13(8-10)16-12-3-5-17(14,15)6-4-12/h8-9,12H,3-6H2,1-2H3. The molecule has 1 heterocycles. The molecule has 2 rings (SSSR count). The van der Waals surface area contributed by atoms with Gasteiger partial charge in [0, 0.05) is 0 Å². The van der Waals surface area contributed by atoms with Crippen LogP contribution in [-0.2, 0) is 9.84 Å². The van der Waals surface area contributed by atoms with E-state index in [9.17, 15) is 8.42 Å². The lowest BCUT2D eigenvalue weighted by molar-refractivity contribution is 0.189. The van der Waals surface area contributed by atoms with Crippen LogP contribution in [0.2, 0.25) is 0 Å². The number of hydrogen-bond donors (Lipinski definition) is 0. The molecule has 4 heteroatoms. The second-order valence-corrected chi connectivity index (χ2v) is 6.95. The normalized spacial score (nSPS) is 20.1. The van der Waals surface area contributed by atoms with Crippen LogP contribution in [0, 0.1) is 19.9 Å². The molecule has 1 radical (unpaired) electrons. The zero-order valence-electron chi connectivity index (χ0n) is 10.2. The van der Waals surface area contributed by atoms with Crippen LogP contribution in [0.5, 0.6) is 5.75 Å². The molecule has 0 amide bonds. The first-order valence-corrected chi connectivity index (χ1v) is 7.64. The maximum absolute atomic E-state index is 11.3. The van der Waals surface area contributed by atoms with E-state index in [1.807, 2.05) is 26.0 Å². The van der Waals surface area contributed by atoms with Gasteiger partial charge in [-0.05, 0) is 56.0 Å². The summed E-state index contributed by atoms with van der Waals surface area (Å²) in [5.41, 5.74) is 2.09. The van der Waals surface area contributed by atoms with Crippen molar-refractivity contribution in [2.24, 2.45) is 0 Å². The van der Waals surface area contributed by atoms with Gasteiger partial charge in [0.05, 0.1) is 11.5 Å². The summed E-state index contributed by atoms with van der Waals surface area (Å²) in [7, 11) is -2.81. The summed E-state index contributed by atoms with van der Waals surface area (Å²) in [4.78, 5) is 0. The average molecular weight is 253 g/mol. The molecule has 1 aromatic rings. The lowest BCUT2D eigenvalue weighted by Gasteiger charge is -2.23. The molecule has 93 valence electrons. The van der Waals surface area contributed by atoms with E-state index in [-0.39, 0.29) is 17.6 Å². The maximum atomic E-state index is 11.3. The molecule has 1 saturated heterocycles. The van der Waals surface area contributed by atoms with E-state index in [0.717, 1.165) is 16.9 Å². The summed E-state index contributed by atoms with van der Waals surface area (Å²) < 4.78 is 28.4. The van der Waals surface area contributed by atoms with Crippen molar-refractivity contribution in [2.45, 2.75) is 32.8 Å². The van der Waals surface area contributed by atoms with Crippen LogP contribution in [0.3, 0.4) is 0 Å². The summed E-state index contributed by atoms with van der Waals surface area (Å²) in [5, 5.41) is 0. The Kier molecular flexibility index (Phi) is 3.43. The van der Waals surface area contributed by atoms with Crippen molar-refractivity contribution in [3.05, 3.63) is 29.3 Å². The zero-order chi connectivity index (χ0) is 12.5. The second kappa shape index (κ2) is 4.69. The van der Waals surface area contributed by atoms with Gasteiger partial charge < -0.3 is 4.74 Å². The van der Waals surface area contributed by atoms with Gasteiger partial charge in [-0.3, -0.25) is 0 Å². The first-order chi connectivity index (χ1) is 7.94. The molecule has 0 aliphatic carbocycles. The number of benzene rings is 1. The molecule has 17 heavy (non-hydrogen) atoms. The van der Waals surface area contributed by atoms with E-state index in [2.05, 4.69) is 6.07 Å². The van der Waals surface area contributed by atoms with E-state index in [4.69, 9.17) is 4.74 Å². The molecule has 3 nitrogen and oxygen atoms in total. The number of sulfone groups is 1. The average Bonchev–Trinajstić information content (AvgIpc) is 2.20. The van der Waals surface area contributed by atoms with Gasteiger partial charge in [-0.15, -0.1) is 0 Å². The Morgan fingerprint density at radius 1 is 1.18 bits per heavy atom. The highest BCUT2D eigenvalue weighted by Gasteiger charge is 2.24. The molecule has 0 saturated carbocycles. The second-order valence-electron chi connectivity index (χ2n) is 4.65. The van der Waals surface area contributed by atoms with Gasteiger partial charge in [0.25, 0.3) is 0 Å². The van der Waals surface area contributed by atoms with Crippen LogP contribution < -0.4 is 4.74 Å². The van der Waals surface area contributed by atoms with Gasteiger partial charge in [-0.25, -0.2) is 8.42 Å². The highest BCUT2D eigenvalue weighted by molar-refractivity contribution is 7.91. The number of aryl methyl sites for hydroxylation is 2. The van der Waals surface area contributed by atoms with Crippen LogP contribution in [0.15, 0.2) is 12.1 Å². The highest BCUT2D eigenvalue weighted by Crippen LogP contribution is 2.22. The first-order valence-electron chi connectivity index (χ1n) is 5.82. The van der Waals surface area contributed by atoms with E-state index in [1.165, 1.54) is 0 Å². The van der Waals surface area contributed by atoms with Gasteiger partial charge in [0.1, 0.15) is 11.9 Å². The SMILES string of the molecule is Cc1[c]c(C)cc(OC2CCS(=O)(=O)CC2)c1. The van der Waals surface area contributed by atoms with Gasteiger partial charge in [0.2, 0.25) is 0 Å². The first kappa shape index (κ1) is 12.4. The summed E-state index contributed by atoms with van der Waals surface area (Å²) in [5.74, 6) is 1.31. The minimum Gasteiger partial charge on any atom is -0.490 e. The van der Waals surface area contributed by atoms with Crippen molar-refractivity contribution >= 4 is 9.84 Å². The predicted octanol–water partition coefficient (Wildman–Crippen LogP) is 2.06. The minimum atomic E-state index is -2.81. The highest BCUT2D eigenvalue weighted by atomic mass is 32.2. The fourth-order valence-electron chi connectivity index (χ4n) is 2.10. The monoisotopic (exact) mass is 253 g/mol. The van der Waals surface area contributed by atoms with Gasteiger partial charge in [-0.1, -0.05) is 0 Å². The van der Waals surface area contributed by atoms with Crippen molar-refractivity contribution in [1.29, 1.82) is 0 Å². The molecule has 1 fully saturated rings. The summed E-state index contributed by atoms with van der Waals surface area (Å²) in [6.07, 6.45) is 1.22. The molecule has 0 N–H and O–H groups in total. The predicted molar refractivity (Wildman–Crippen MR) is 67.1 cm³/mol. The van der Waals surface area contributed by atoms with E-state index in [0.29, 0.717) is 12.8 Å². The number of hydrogen-bond acceptors (Lipinski definition) is 3. The Morgan fingerprint density at radius 3 is 2.24 bits per heavy atom. The van der Waals surface area contributed by atoms with Crippen LogP contribution in [0.4, 0.5) is 0 Å². The summed E-state index contributed by atoms with van der Waals surface area (Å²) in [6.45, 7) is 3.95. The smallest absolute Gasteiger partial charge is 0.150 e. The Morgan fingerprint density at radius 2 is 1.71 bits per heavy atom. The molecule has 0 aromatic heterocycles. The van der Waals surface area contributed by atoms with Crippen molar-refractivity contribution < 1.29 is 13.2 Å². The Balaban J connectivity index is 2.02. The van der Waals surface area contributed by atoms with Crippen LogP contribution >= 0.6 is 0 Å². The van der Waals surface area contributed by atoms with Crippen LogP contribution in [0.25, 0.3) is 0 Å². The number of ether oxygens (including phenoxy) is 1. The molecule has 1 aliphatic rings. The summed E-state index contributed by atoms with van der Waals surface area (Å²) in [6, 6.07) is 7.07. The summed E-state index contributed by atoms with van der Waals surface area (Å²) >= 11 is 0. The Hall–Kier alpha value is -1.03. The third kappa shape index (κ3) is 3.46. The molecule has 0 unspecified atom stereocenters. The molecule has 0 spiro atoms.